The molecule has 1 aromatic carbocycles. The molecule has 2 aliphatic rings. The van der Waals surface area contributed by atoms with Crippen LogP contribution in [0.2, 0.25) is 0 Å². The number of allylic oxidation sites excluding steroid dienone is 2. The highest BCUT2D eigenvalue weighted by molar-refractivity contribution is 5.70. The number of hydrogen-bond donors (Lipinski definition) is 0. The normalized spacial score (nSPS) is 22.4. The molecule has 1 aliphatic heterocycles. The van der Waals surface area contributed by atoms with Crippen LogP contribution in [0.4, 0.5) is 0 Å². The summed E-state index contributed by atoms with van der Waals surface area (Å²) < 4.78 is 0. The summed E-state index contributed by atoms with van der Waals surface area (Å²) in [6.07, 6.45) is 9.09. The van der Waals surface area contributed by atoms with E-state index in [2.05, 4.69) is 54.3 Å². The zero-order chi connectivity index (χ0) is 17.6. The fraction of sp³-hybridized carbons (Fsp3) is 0.455. The van der Waals surface area contributed by atoms with E-state index in [0.717, 1.165) is 31.4 Å². The molecule has 0 radical (unpaired) electrons. The van der Waals surface area contributed by atoms with Gasteiger partial charge in [-0.25, -0.2) is 0 Å². The molecule has 0 bridgehead atoms. The molecule has 3 heteroatoms. The van der Waals surface area contributed by atoms with Gasteiger partial charge in [0, 0.05) is 24.2 Å². The Balaban J connectivity index is 2.14. The lowest BCUT2D eigenvalue weighted by molar-refractivity contribution is 0.172. The van der Waals surface area contributed by atoms with E-state index in [1.54, 1.807) is 0 Å². The van der Waals surface area contributed by atoms with Crippen molar-refractivity contribution in [3.05, 3.63) is 53.1 Å². The second-order valence-electron chi connectivity index (χ2n) is 6.95. The Morgan fingerprint density at radius 3 is 2.52 bits per heavy atom. The van der Waals surface area contributed by atoms with Gasteiger partial charge in [0.2, 0.25) is 0 Å². The molecule has 1 aromatic rings. The van der Waals surface area contributed by atoms with Crippen molar-refractivity contribution >= 4 is 5.70 Å². The minimum absolute atomic E-state index is 0.292. The number of rotatable bonds is 4. The first-order valence-corrected chi connectivity index (χ1v) is 9.38. The van der Waals surface area contributed by atoms with Gasteiger partial charge in [0.05, 0.1) is 0 Å². The van der Waals surface area contributed by atoms with E-state index in [0.29, 0.717) is 17.5 Å². The van der Waals surface area contributed by atoms with Gasteiger partial charge in [-0.1, -0.05) is 56.5 Å². The average Bonchev–Trinajstić information content (AvgIpc) is 2.68. The Bertz CT molecular complexity index is 730. The number of benzene rings is 1. The van der Waals surface area contributed by atoms with E-state index in [1.165, 1.54) is 30.5 Å². The smallest absolute Gasteiger partial charge is 0.133 e. The van der Waals surface area contributed by atoms with E-state index in [4.69, 9.17) is 0 Å². The van der Waals surface area contributed by atoms with Crippen LogP contribution >= 0.6 is 0 Å². The summed E-state index contributed by atoms with van der Waals surface area (Å²) in [7, 11) is 0. The van der Waals surface area contributed by atoms with E-state index >= 15 is 0 Å². The summed E-state index contributed by atoms with van der Waals surface area (Å²) in [6, 6.07) is 15.1. The first kappa shape index (κ1) is 17.3. The second-order valence-corrected chi connectivity index (χ2v) is 6.95. The van der Waals surface area contributed by atoms with Crippen molar-refractivity contribution in [1.82, 2.24) is 4.90 Å². The maximum absolute atomic E-state index is 9.46. The van der Waals surface area contributed by atoms with Gasteiger partial charge in [-0.3, -0.25) is 0 Å². The molecule has 25 heavy (non-hydrogen) atoms. The van der Waals surface area contributed by atoms with E-state index < -0.39 is 0 Å². The molecule has 128 valence electrons. The third-order valence-corrected chi connectivity index (χ3v) is 5.47. The van der Waals surface area contributed by atoms with Gasteiger partial charge in [-0.05, 0) is 36.5 Å². The largest absolute Gasteiger partial charge is 0.367 e. The lowest BCUT2D eigenvalue weighted by Gasteiger charge is -2.46. The van der Waals surface area contributed by atoms with Crippen molar-refractivity contribution in [3.63, 3.8) is 0 Å². The maximum atomic E-state index is 9.46. The highest BCUT2D eigenvalue weighted by atomic mass is 15.2. The van der Waals surface area contributed by atoms with Gasteiger partial charge in [0.1, 0.15) is 17.7 Å². The monoisotopic (exact) mass is 331 g/mol. The van der Waals surface area contributed by atoms with Crippen LogP contribution in [0.25, 0.3) is 5.70 Å². The first-order valence-electron chi connectivity index (χ1n) is 9.38. The third-order valence-electron chi connectivity index (χ3n) is 5.47. The van der Waals surface area contributed by atoms with Crippen molar-refractivity contribution < 1.29 is 0 Å². The van der Waals surface area contributed by atoms with Crippen LogP contribution in [0, 0.1) is 28.6 Å². The number of fused-ring (bicyclic) bond motifs is 1. The van der Waals surface area contributed by atoms with Crippen molar-refractivity contribution in [2.45, 2.75) is 51.5 Å². The Morgan fingerprint density at radius 2 is 1.84 bits per heavy atom. The third kappa shape index (κ3) is 3.47. The van der Waals surface area contributed by atoms with Gasteiger partial charge in [0.15, 0.2) is 0 Å². The molecule has 3 rings (SSSR count). The zero-order valence-electron chi connectivity index (χ0n) is 14.9. The Morgan fingerprint density at radius 1 is 1.12 bits per heavy atom. The Labute approximate surface area is 150 Å². The summed E-state index contributed by atoms with van der Waals surface area (Å²) in [4.78, 5) is 2.55. The summed E-state index contributed by atoms with van der Waals surface area (Å²) in [5, 5.41) is 18.9. The summed E-state index contributed by atoms with van der Waals surface area (Å²) in [5.74, 6) is 0.312. The molecule has 3 nitrogen and oxygen atoms in total. The number of nitriles is 2. The molecule has 0 spiro atoms. The van der Waals surface area contributed by atoms with Gasteiger partial charge in [-0.2, -0.15) is 10.5 Å². The molecule has 1 saturated carbocycles. The van der Waals surface area contributed by atoms with Crippen LogP contribution in [0.1, 0.15) is 51.0 Å². The number of unbranched alkanes of at least 4 members (excludes halogenated alkanes) is 1. The average molecular weight is 331 g/mol. The highest BCUT2D eigenvalue weighted by Gasteiger charge is 2.38. The summed E-state index contributed by atoms with van der Waals surface area (Å²) >= 11 is 0. The molecule has 0 amide bonds. The molecule has 0 N–H and O–H groups in total. The standard InChI is InChI=1S/C22H25N3/c1-2-3-13-25-21-12-8-7-11-19(21)20(18(15-23)16-24)14-22(25)17-9-5-4-6-10-17/h4-6,9-10,14,19,21H,2-3,7-8,11-13H2,1H3/t19-,21+/m1/s1. The fourth-order valence-corrected chi connectivity index (χ4v) is 4.25. The van der Waals surface area contributed by atoms with Gasteiger partial charge < -0.3 is 4.90 Å². The van der Waals surface area contributed by atoms with Gasteiger partial charge >= 0.3 is 0 Å². The van der Waals surface area contributed by atoms with Crippen molar-refractivity contribution in [3.8, 4) is 12.1 Å². The van der Waals surface area contributed by atoms with E-state index in [-0.39, 0.29) is 0 Å². The first-order chi connectivity index (χ1) is 12.3. The number of hydrogen-bond acceptors (Lipinski definition) is 3. The van der Waals surface area contributed by atoms with Crippen molar-refractivity contribution in [2.24, 2.45) is 5.92 Å². The predicted octanol–water partition coefficient (Wildman–Crippen LogP) is 5.05. The molecule has 0 unspecified atom stereocenters. The van der Waals surface area contributed by atoms with Crippen LogP contribution in [0.5, 0.6) is 0 Å². The molecule has 0 aromatic heterocycles. The summed E-state index contributed by atoms with van der Waals surface area (Å²) in [5.41, 5.74) is 3.60. The van der Waals surface area contributed by atoms with Crippen LogP contribution in [0.3, 0.4) is 0 Å². The predicted molar refractivity (Wildman–Crippen MR) is 100 cm³/mol. The number of nitrogens with zero attached hydrogens (tertiary/aromatic N) is 3. The molecular formula is C22H25N3. The van der Waals surface area contributed by atoms with E-state index in [9.17, 15) is 10.5 Å². The SMILES string of the molecule is CCCCN1C(c2ccccc2)=CC(=C(C#N)C#N)[C@H]2CCCC[C@@H]21. The topological polar surface area (TPSA) is 50.8 Å². The Kier molecular flexibility index (Phi) is 5.56. The van der Waals surface area contributed by atoms with Crippen LogP contribution < -0.4 is 0 Å². The molecule has 1 fully saturated rings. The highest BCUT2D eigenvalue weighted by Crippen LogP contribution is 2.43. The zero-order valence-corrected chi connectivity index (χ0v) is 14.9. The minimum Gasteiger partial charge on any atom is -0.367 e. The molecule has 1 aliphatic carbocycles. The fourth-order valence-electron chi connectivity index (χ4n) is 4.25. The van der Waals surface area contributed by atoms with Crippen molar-refractivity contribution in [1.29, 1.82) is 10.5 Å². The van der Waals surface area contributed by atoms with E-state index in [1.807, 2.05) is 6.07 Å². The molecular weight excluding hydrogens is 306 g/mol. The molecule has 2 atom stereocenters. The summed E-state index contributed by atoms with van der Waals surface area (Å²) in [6.45, 7) is 3.27. The quantitative estimate of drug-likeness (QED) is 0.726. The van der Waals surface area contributed by atoms with Gasteiger partial charge in [0.25, 0.3) is 0 Å². The molecule has 1 heterocycles. The lowest BCUT2D eigenvalue weighted by Crippen LogP contribution is -2.45. The van der Waals surface area contributed by atoms with Gasteiger partial charge in [-0.15, -0.1) is 0 Å². The van der Waals surface area contributed by atoms with Crippen LogP contribution in [-0.2, 0) is 0 Å². The second kappa shape index (κ2) is 8.04. The molecule has 0 saturated heterocycles. The minimum atomic E-state index is 0.292. The Hall–Kier alpha value is -2.52. The van der Waals surface area contributed by atoms with Crippen molar-refractivity contribution in [2.75, 3.05) is 6.54 Å². The van der Waals surface area contributed by atoms with Crippen LogP contribution in [0.15, 0.2) is 47.6 Å². The van der Waals surface area contributed by atoms with Crippen LogP contribution in [-0.4, -0.2) is 17.5 Å². The maximum Gasteiger partial charge on any atom is 0.133 e. The lowest BCUT2D eigenvalue weighted by atomic mass is 9.74.